The molecule has 0 aliphatic heterocycles. The topological polar surface area (TPSA) is 61.1 Å². The van der Waals surface area contributed by atoms with E-state index < -0.39 is 5.97 Å². The predicted octanol–water partition coefficient (Wildman–Crippen LogP) is 3.76. The molecule has 0 aliphatic carbocycles. The van der Waals surface area contributed by atoms with Gasteiger partial charge in [-0.05, 0) is 36.3 Å². The van der Waals surface area contributed by atoms with Crippen LogP contribution in [0.5, 0.6) is 0 Å². The number of hydrogen-bond acceptors (Lipinski definition) is 2. The monoisotopic (exact) mass is 263 g/mol. The Morgan fingerprint density at radius 3 is 2.40 bits per heavy atom. The minimum absolute atomic E-state index is 0.233. The van der Waals surface area contributed by atoms with Crippen LogP contribution in [0.25, 0.3) is 11.6 Å². The molecule has 0 unspecified atom stereocenters. The van der Waals surface area contributed by atoms with Crippen LogP contribution in [-0.2, 0) is 0 Å². The first-order chi connectivity index (χ1) is 9.60. The van der Waals surface area contributed by atoms with Crippen molar-refractivity contribution in [1.29, 1.82) is 5.26 Å². The van der Waals surface area contributed by atoms with E-state index in [2.05, 4.69) is 6.07 Å². The van der Waals surface area contributed by atoms with E-state index in [-0.39, 0.29) is 5.56 Å². The van der Waals surface area contributed by atoms with Gasteiger partial charge in [0.25, 0.3) is 0 Å². The highest BCUT2D eigenvalue weighted by molar-refractivity contribution is 5.91. The van der Waals surface area contributed by atoms with Crippen LogP contribution < -0.4 is 0 Å². The number of hydrogen-bond donors (Lipinski definition) is 1. The molecular formula is C17H13NO2. The average molecular weight is 263 g/mol. The Labute approximate surface area is 117 Å². The van der Waals surface area contributed by atoms with Crippen molar-refractivity contribution in [1.82, 2.24) is 0 Å². The van der Waals surface area contributed by atoms with Crippen LogP contribution in [0.1, 0.15) is 27.0 Å². The first-order valence-corrected chi connectivity index (χ1v) is 6.12. The third kappa shape index (κ3) is 3.12. The van der Waals surface area contributed by atoms with Gasteiger partial charge >= 0.3 is 5.97 Å². The zero-order valence-corrected chi connectivity index (χ0v) is 11.0. The number of benzene rings is 2. The van der Waals surface area contributed by atoms with Crippen LogP contribution >= 0.6 is 0 Å². The Bertz CT molecular complexity index is 707. The molecule has 0 amide bonds. The molecule has 0 aromatic heterocycles. The molecule has 98 valence electrons. The van der Waals surface area contributed by atoms with E-state index in [1.165, 1.54) is 12.1 Å². The molecule has 0 heterocycles. The SMILES string of the molecule is Cc1cccc(C(C#N)=Cc2ccc(C(=O)O)cc2)c1. The second kappa shape index (κ2) is 5.85. The molecule has 0 aliphatic rings. The zero-order valence-electron chi connectivity index (χ0n) is 11.0. The van der Waals surface area contributed by atoms with Crippen molar-refractivity contribution >= 4 is 17.6 Å². The van der Waals surface area contributed by atoms with Crippen LogP contribution in [0.2, 0.25) is 0 Å². The summed E-state index contributed by atoms with van der Waals surface area (Å²) in [7, 11) is 0. The van der Waals surface area contributed by atoms with Gasteiger partial charge in [-0.1, -0.05) is 42.0 Å². The van der Waals surface area contributed by atoms with Crippen LogP contribution in [0.15, 0.2) is 48.5 Å². The highest BCUT2D eigenvalue weighted by Gasteiger charge is 2.03. The van der Waals surface area contributed by atoms with E-state index in [0.717, 1.165) is 16.7 Å². The maximum Gasteiger partial charge on any atom is 0.335 e. The fourth-order valence-corrected chi connectivity index (χ4v) is 1.88. The average Bonchev–Trinajstić information content (AvgIpc) is 2.45. The molecule has 2 aromatic carbocycles. The maximum absolute atomic E-state index is 10.8. The summed E-state index contributed by atoms with van der Waals surface area (Å²) < 4.78 is 0. The molecule has 0 bridgehead atoms. The van der Waals surface area contributed by atoms with Gasteiger partial charge in [0.2, 0.25) is 0 Å². The number of carbonyl (C=O) groups is 1. The molecule has 0 saturated heterocycles. The summed E-state index contributed by atoms with van der Waals surface area (Å²) in [5.41, 5.74) is 3.53. The van der Waals surface area contributed by atoms with Crippen molar-refractivity contribution in [2.24, 2.45) is 0 Å². The van der Waals surface area contributed by atoms with Gasteiger partial charge in [0, 0.05) is 0 Å². The van der Waals surface area contributed by atoms with Crippen molar-refractivity contribution in [3.63, 3.8) is 0 Å². The zero-order chi connectivity index (χ0) is 14.5. The fourth-order valence-electron chi connectivity index (χ4n) is 1.88. The Kier molecular flexibility index (Phi) is 3.97. The summed E-state index contributed by atoms with van der Waals surface area (Å²) >= 11 is 0. The predicted molar refractivity (Wildman–Crippen MR) is 78.1 cm³/mol. The van der Waals surface area contributed by atoms with Crippen molar-refractivity contribution in [3.05, 3.63) is 70.8 Å². The Morgan fingerprint density at radius 2 is 1.85 bits per heavy atom. The third-order valence-corrected chi connectivity index (χ3v) is 2.92. The summed E-state index contributed by atoms with van der Waals surface area (Å²) in [5.74, 6) is -0.959. The summed E-state index contributed by atoms with van der Waals surface area (Å²) in [4.78, 5) is 10.8. The van der Waals surface area contributed by atoms with Crippen LogP contribution in [0, 0.1) is 18.3 Å². The Morgan fingerprint density at radius 1 is 1.15 bits per heavy atom. The molecule has 2 rings (SSSR count). The number of rotatable bonds is 3. The van der Waals surface area contributed by atoms with Crippen LogP contribution in [0.3, 0.4) is 0 Å². The van der Waals surface area contributed by atoms with Gasteiger partial charge in [0.1, 0.15) is 0 Å². The summed E-state index contributed by atoms with van der Waals surface area (Å²) in [6, 6.07) is 16.3. The number of allylic oxidation sites excluding steroid dienone is 1. The normalized spacial score (nSPS) is 10.9. The number of carboxylic acids is 1. The van der Waals surface area contributed by atoms with Gasteiger partial charge < -0.3 is 5.11 Å². The molecular weight excluding hydrogens is 250 g/mol. The van der Waals surface area contributed by atoms with Crippen molar-refractivity contribution in [2.45, 2.75) is 6.92 Å². The molecule has 3 nitrogen and oxygen atoms in total. The Hall–Kier alpha value is -2.86. The quantitative estimate of drug-likeness (QED) is 0.677. The first kappa shape index (κ1) is 13.6. The van der Waals surface area contributed by atoms with E-state index in [0.29, 0.717) is 5.57 Å². The lowest BCUT2D eigenvalue weighted by Crippen LogP contribution is -1.94. The van der Waals surface area contributed by atoms with E-state index >= 15 is 0 Å². The second-order valence-electron chi connectivity index (χ2n) is 4.47. The van der Waals surface area contributed by atoms with Gasteiger partial charge in [-0.3, -0.25) is 0 Å². The van der Waals surface area contributed by atoms with Crippen molar-refractivity contribution in [2.75, 3.05) is 0 Å². The molecule has 0 saturated carbocycles. The highest BCUT2D eigenvalue weighted by Crippen LogP contribution is 2.19. The molecule has 2 aromatic rings. The minimum atomic E-state index is -0.959. The standard InChI is InChI=1S/C17H13NO2/c1-12-3-2-4-15(9-12)16(11-18)10-13-5-7-14(8-6-13)17(19)20/h2-10H,1H3,(H,19,20). The smallest absolute Gasteiger partial charge is 0.335 e. The van der Waals surface area contributed by atoms with E-state index in [4.69, 9.17) is 5.11 Å². The number of carboxylic acid groups (broad SMARTS) is 1. The van der Waals surface area contributed by atoms with E-state index in [1.807, 2.05) is 31.2 Å². The first-order valence-electron chi connectivity index (χ1n) is 6.12. The Balaban J connectivity index is 2.37. The second-order valence-corrected chi connectivity index (χ2v) is 4.47. The largest absolute Gasteiger partial charge is 0.478 e. The number of aromatic carboxylic acids is 1. The van der Waals surface area contributed by atoms with Gasteiger partial charge in [-0.15, -0.1) is 0 Å². The van der Waals surface area contributed by atoms with Gasteiger partial charge in [-0.2, -0.15) is 5.26 Å². The van der Waals surface area contributed by atoms with Crippen LogP contribution in [0.4, 0.5) is 0 Å². The number of nitrogens with zero attached hydrogens (tertiary/aromatic N) is 1. The summed E-state index contributed by atoms with van der Waals surface area (Å²) in [6.07, 6.45) is 1.75. The molecule has 0 spiro atoms. The van der Waals surface area contributed by atoms with Crippen LogP contribution in [-0.4, -0.2) is 11.1 Å². The summed E-state index contributed by atoms with van der Waals surface area (Å²) in [6.45, 7) is 1.97. The molecule has 0 atom stereocenters. The minimum Gasteiger partial charge on any atom is -0.478 e. The van der Waals surface area contributed by atoms with Gasteiger partial charge in [-0.25, -0.2) is 4.79 Å². The number of aryl methyl sites for hydroxylation is 1. The fraction of sp³-hybridized carbons (Fsp3) is 0.0588. The molecule has 3 heteroatoms. The number of nitriles is 1. The molecule has 1 N–H and O–H groups in total. The maximum atomic E-state index is 10.8. The lowest BCUT2D eigenvalue weighted by molar-refractivity contribution is 0.0697. The van der Waals surface area contributed by atoms with Gasteiger partial charge in [0.05, 0.1) is 17.2 Å². The third-order valence-electron chi connectivity index (χ3n) is 2.92. The molecule has 0 fully saturated rings. The van der Waals surface area contributed by atoms with E-state index in [9.17, 15) is 10.1 Å². The molecule has 20 heavy (non-hydrogen) atoms. The van der Waals surface area contributed by atoms with E-state index in [1.54, 1.807) is 18.2 Å². The van der Waals surface area contributed by atoms with Crippen molar-refractivity contribution in [3.8, 4) is 6.07 Å². The highest BCUT2D eigenvalue weighted by atomic mass is 16.4. The lowest BCUT2D eigenvalue weighted by atomic mass is 10.0. The summed E-state index contributed by atoms with van der Waals surface area (Å²) in [5, 5.41) is 18.1. The van der Waals surface area contributed by atoms with Crippen molar-refractivity contribution < 1.29 is 9.90 Å². The lowest BCUT2D eigenvalue weighted by Gasteiger charge is -2.02. The molecule has 0 radical (unpaired) electrons. The van der Waals surface area contributed by atoms with Gasteiger partial charge in [0.15, 0.2) is 0 Å².